The highest BCUT2D eigenvalue weighted by molar-refractivity contribution is 7.15. The first kappa shape index (κ1) is 31.2. The molecule has 0 bridgehead atoms. The molecule has 4 atom stereocenters. The smallest absolute Gasteiger partial charge is 0.123 e. The first-order valence-electron chi connectivity index (χ1n) is 15.6. The summed E-state index contributed by atoms with van der Waals surface area (Å²) in [5, 5.41) is 11.4. The maximum atomic E-state index is 13.5. The second kappa shape index (κ2) is 14.5. The summed E-state index contributed by atoms with van der Waals surface area (Å²) in [7, 11) is 0. The lowest BCUT2D eigenvalue weighted by Gasteiger charge is -2.42. The van der Waals surface area contributed by atoms with Gasteiger partial charge in [0.2, 0.25) is 0 Å². The molecule has 4 nitrogen and oxygen atoms in total. The van der Waals surface area contributed by atoms with Crippen LogP contribution in [0.15, 0.2) is 109 Å². The van der Waals surface area contributed by atoms with Crippen molar-refractivity contribution in [1.82, 2.24) is 0 Å². The van der Waals surface area contributed by atoms with Crippen molar-refractivity contribution in [3.05, 3.63) is 148 Å². The Kier molecular flexibility index (Phi) is 10.1. The standard InChI is InChI=1S/C39H39FO4S/c1-3-32-23-36(42-24-27-10-6-4-7-11-27)39(43-25-28-12-8-5-9-13-28)38(44-32)34-22-30(26(2)20-35(34)41)21-33-18-19-37(45-33)29-14-16-31(40)17-15-29/h4-20,22,32,36,38-39,41H,3,21,23-25H2,1-2H3/t32-,36+,38+,39-/m1/s1. The number of aryl methyl sites for hydroxylation is 1. The lowest BCUT2D eigenvalue weighted by Crippen LogP contribution is -2.46. The summed E-state index contributed by atoms with van der Waals surface area (Å²) in [6.07, 6.45) is 1.05. The molecule has 4 aromatic carbocycles. The van der Waals surface area contributed by atoms with Crippen LogP contribution < -0.4 is 0 Å². The Morgan fingerprint density at radius 3 is 2.18 bits per heavy atom. The maximum Gasteiger partial charge on any atom is 0.123 e. The lowest BCUT2D eigenvalue weighted by atomic mass is 9.89. The quantitative estimate of drug-likeness (QED) is 0.159. The second-order valence-corrected chi connectivity index (χ2v) is 12.9. The van der Waals surface area contributed by atoms with Crippen LogP contribution in [0.1, 0.15) is 58.6 Å². The number of halogens is 1. The molecule has 232 valence electrons. The van der Waals surface area contributed by atoms with Gasteiger partial charge < -0.3 is 19.3 Å². The zero-order valence-corrected chi connectivity index (χ0v) is 26.5. The molecule has 0 unspecified atom stereocenters. The van der Waals surface area contributed by atoms with Gasteiger partial charge in [-0.15, -0.1) is 11.3 Å². The first-order valence-corrected chi connectivity index (χ1v) is 16.4. The van der Waals surface area contributed by atoms with Gasteiger partial charge in [-0.05, 0) is 77.6 Å². The Balaban J connectivity index is 1.30. The number of hydrogen-bond acceptors (Lipinski definition) is 5. The summed E-state index contributed by atoms with van der Waals surface area (Å²) >= 11 is 1.70. The zero-order valence-electron chi connectivity index (χ0n) is 25.7. The highest BCUT2D eigenvalue weighted by atomic mass is 32.1. The molecule has 0 amide bonds. The molecule has 2 heterocycles. The molecule has 0 aliphatic carbocycles. The fraction of sp³-hybridized carbons (Fsp3) is 0.282. The van der Waals surface area contributed by atoms with Crippen LogP contribution in [0, 0.1) is 12.7 Å². The number of phenolic OH excluding ortho intramolecular Hbond substituents is 1. The van der Waals surface area contributed by atoms with E-state index in [4.69, 9.17) is 14.2 Å². The van der Waals surface area contributed by atoms with Crippen LogP contribution in [-0.2, 0) is 33.8 Å². The summed E-state index contributed by atoms with van der Waals surface area (Å²) in [5.41, 5.74) is 6.01. The van der Waals surface area contributed by atoms with Crippen LogP contribution in [0.2, 0.25) is 0 Å². The normalized spacial score (nSPS) is 19.9. The molecule has 1 aromatic heterocycles. The summed E-state index contributed by atoms with van der Waals surface area (Å²) < 4.78 is 33.4. The Morgan fingerprint density at radius 1 is 0.844 bits per heavy atom. The molecule has 1 aliphatic rings. The van der Waals surface area contributed by atoms with E-state index in [1.807, 2.05) is 61.5 Å². The molecule has 1 fully saturated rings. The minimum atomic E-state index is -0.509. The van der Waals surface area contributed by atoms with Gasteiger partial charge in [0.15, 0.2) is 0 Å². The van der Waals surface area contributed by atoms with E-state index >= 15 is 0 Å². The van der Waals surface area contributed by atoms with Gasteiger partial charge in [-0.1, -0.05) is 79.7 Å². The molecular weight excluding hydrogens is 583 g/mol. The molecule has 0 spiro atoms. The van der Waals surface area contributed by atoms with E-state index in [0.717, 1.165) is 44.7 Å². The summed E-state index contributed by atoms with van der Waals surface area (Å²) in [4.78, 5) is 2.28. The van der Waals surface area contributed by atoms with Crippen molar-refractivity contribution in [3.8, 4) is 16.2 Å². The Hall–Kier alpha value is -3.81. The maximum absolute atomic E-state index is 13.5. The molecule has 1 aliphatic heterocycles. The predicted octanol–water partition coefficient (Wildman–Crippen LogP) is 9.57. The predicted molar refractivity (Wildman–Crippen MR) is 178 cm³/mol. The van der Waals surface area contributed by atoms with Crippen LogP contribution in [-0.4, -0.2) is 23.4 Å². The molecule has 6 rings (SSSR count). The zero-order chi connectivity index (χ0) is 31.2. The first-order chi connectivity index (χ1) is 22.0. The van der Waals surface area contributed by atoms with Crippen molar-refractivity contribution >= 4 is 11.3 Å². The van der Waals surface area contributed by atoms with Gasteiger partial charge in [0.05, 0.1) is 25.4 Å². The molecule has 1 saturated heterocycles. The summed E-state index contributed by atoms with van der Waals surface area (Å²) in [6, 6.07) is 35.0. The lowest BCUT2D eigenvalue weighted by molar-refractivity contribution is -0.211. The Bertz CT molecular complexity index is 1670. The van der Waals surface area contributed by atoms with E-state index in [0.29, 0.717) is 26.1 Å². The van der Waals surface area contributed by atoms with Gasteiger partial charge in [-0.2, -0.15) is 0 Å². The Morgan fingerprint density at radius 2 is 1.51 bits per heavy atom. The van der Waals surface area contributed by atoms with E-state index in [9.17, 15) is 9.50 Å². The van der Waals surface area contributed by atoms with Gasteiger partial charge >= 0.3 is 0 Å². The third-order valence-corrected chi connectivity index (χ3v) is 9.63. The molecule has 6 heteroatoms. The third kappa shape index (κ3) is 7.71. The molecular formula is C39H39FO4S. The van der Waals surface area contributed by atoms with Gasteiger partial charge in [-0.3, -0.25) is 0 Å². The summed E-state index contributed by atoms with van der Waals surface area (Å²) in [6.45, 7) is 5.03. The summed E-state index contributed by atoms with van der Waals surface area (Å²) in [5.74, 6) is -0.0388. The van der Waals surface area contributed by atoms with Crippen LogP contribution in [0.4, 0.5) is 4.39 Å². The average molecular weight is 623 g/mol. The highest BCUT2D eigenvalue weighted by Crippen LogP contribution is 2.42. The topological polar surface area (TPSA) is 47.9 Å². The SMILES string of the molecule is CC[C@@H]1C[C@H](OCc2ccccc2)[C@@H](OCc2ccccc2)[C@H](c2cc(Cc3ccc(-c4ccc(F)cc4)s3)c(C)cc2O)O1. The van der Waals surface area contributed by atoms with Crippen molar-refractivity contribution < 1.29 is 23.7 Å². The van der Waals surface area contributed by atoms with Crippen LogP contribution in [0.25, 0.3) is 10.4 Å². The number of phenols is 1. The number of benzene rings is 4. The number of hydrogen-bond donors (Lipinski definition) is 1. The Labute approximate surface area is 269 Å². The van der Waals surface area contributed by atoms with E-state index in [-0.39, 0.29) is 23.8 Å². The van der Waals surface area contributed by atoms with Gasteiger partial charge in [0, 0.05) is 28.2 Å². The van der Waals surface area contributed by atoms with Crippen LogP contribution in [0.3, 0.4) is 0 Å². The molecule has 45 heavy (non-hydrogen) atoms. The fourth-order valence-corrected chi connectivity index (χ4v) is 6.98. The monoisotopic (exact) mass is 622 g/mol. The van der Waals surface area contributed by atoms with Crippen molar-refractivity contribution in [2.75, 3.05) is 0 Å². The van der Waals surface area contributed by atoms with E-state index in [2.05, 4.69) is 49.4 Å². The largest absolute Gasteiger partial charge is 0.508 e. The third-order valence-electron chi connectivity index (χ3n) is 8.49. The van der Waals surface area contributed by atoms with Crippen LogP contribution >= 0.6 is 11.3 Å². The van der Waals surface area contributed by atoms with E-state index < -0.39 is 12.2 Å². The van der Waals surface area contributed by atoms with Crippen molar-refractivity contribution in [2.24, 2.45) is 0 Å². The average Bonchev–Trinajstić information content (AvgIpc) is 3.54. The number of thiophene rings is 1. The minimum Gasteiger partial charge on any atom is -0.508 e. The molecule has 1 N–H and O–H groups in total. The van der Waals surface area contributed by atoms with Gasteiger partial charge in [0.1, 0.15) is 23.8 Å². The molecule has 5 aromatic rings. The van der Waals surface area contributed by atoms with E-state index in [1.165, 1.54) is 17.0 Å². The number of rotatable bonds is 11. The van der Waals surface area contributed by atoms with Gasteiger partial charge in [-0.25, -0.2) is 4.39 Å². The molecule has 0 radical (unpaired) electrons. The van der Waals surface area contributed by atoms with E-state index in [1.54, 1.807) is 11.3 Å². The van der Waals surface area contributed by atoms with Crippen LogP contribution in [0.5, 0.6) is 5.75 Å². The second-order valence-electron chi connectivity index (χ2n) is 11.7. The van der Waals surface area contributed by atoms with Gasteiger partial charge in [0.25, 0.3) is 0 Å². The highest BCUT2D eigenvalue weighted by Gasteiger charge is 2.42. The van der Waals surface area contributed by atoms with Crippen molar-refractivity contribution in [3.63, 3.8) is 0 Å². The number of aromatic hydroxyl groups is 1. The molecule has 0 saturated carbocycles. The number of ether oxygens (including phenoxy) is 3. The minimum absolute atomic E-state index is 0.0351. The van der Waals surface area contributed by atoms with Crippen molar-refractivity contribution in [1.29, 1.82) is 0 Å². The van der Waals surface area contributed by atoms with Crippen molar-refractivity contribution in [2.45, 2.75) is 70.7 Å². The fourth-order valence-electron chi connectivity index (χ4n) is 5.95.